The van der Waals surface area contributed by atoms with Crippen LogP contribution in [-0.2, 0) is 15.8 Å². The summed E-state index contributed by atoms with van der Waals surface area (Å²) in [6.45, 7) is 17.5. The molecule has 150 valence electrons. The maximum atomic E-state index is 9.40. The lowest BCUT2D eigenvalue weighted by molar-refractivity contribution is 0.0371. The molecule has 0 fully saturated rings. The molecule has 0 saturated carbocycles. The highest BCUT2D eigenvalue weighted by atomic mass is 28.4. The van der Waals surface area contributed by atoms with Crippen molar-refractivity contribution in [1.29, 1.82) is 0 Å². The van der Waals surface area contributed by atoms with Crippen molar-refractivity contribution in [1.82, 2.24) is 0 Å². The van der Waals surface area contributed by atoms with E-state index in [4.69, 9.17) is 9.16 Å². The van der Waals surface area contributed by atoms with Crippen molar-refractivity contribution in [2.45, 2.75) is 78.3 Å². The average molecular weight is 381 g/mol. The molecule has 0 radical (unpaired) electrons. The number of benzene rings is 1. The Labute approximate surface area is 162 Å². The first-order chi connectivity index (χ1) is 12.1. The standard InChI is InChI=1S/C22H40O3Si/c1-18(13-15-23)21(25-26(6,7)22(3,4)5)19(2)14-16-24-17-20-11-9-8-10-12-20/h8-12,18-19,21,23H,13-17H2,1-7H3/t18-,19+,21+/m1/s1. The van der Waals surface area contributed by atoms with E-state index in [-0.39, 0.29) is 17.7 Å². The van der Waals surface area contributed by atoms with Gasteiger partial charge in [0.2, 0.25) is 0 Å². The zero-order chi connectivity index (χ0) is 19.8. The van der Waals surface area contributed by atoms with Crippen molar-refractivity contribution < 1.29 is 14.3 Å². The summed E-state index contributed by atoms with van der Waals surface area (Å²) >= 11 is 0. The highest BCUT2D eigenvalue weighted by Crippen LogP contribution is 2.39. The first-order valence-electron chi connectivity index (χ1n) is 9.99. The van der Waals surface area contributed by atoms with Crippen LogP contribution in [-0.4, -0.2) is 32.7 Å². The van der Waals surface area contributed by atoms with E-state index in [0.29, 0.717) is 18.4 Å². The van der Waals surface area contributed by atoms with Crippen LogP contribution in [0.15, 0.2) is 30.3 Å². The van der Waals surface area contributed by atoms with Crippen molar-refractivity contribution >= 4 is 8.32 Å². The second-order valence-electron chi connectivity index (χ2n) is 9.14. The van der Waals surface area contributed by atoms with Gasteiger partial charge in [0.25, 0.3) is 0 Å². The molecule has 1 N–H and O–H groups in total. The van der Waals surface area contributed by atoms with Crippen molar-refractivity contribution in [2.24, 2.45) is 11.8 Å². The topological polar surface area (TPSA) is 38.7 Å². The fourth-order valence-corrected chi connectivity index (χ4v) is 4.37. The number of rotatable bonds is 11. The summed E-state index contributed by atoms with van der Waals surface area (Å²) in [4.78, 5) is 0. The Morgan fingerprint density at radius 3 is 2.12 bits per heavy atom. The zero-order valence-electron chi connectivity index (χ0n) is 17.9. The maximum Gasteiger partial charge on any atom is 0.192 e. The second kappa shape index (κ2) is 10.6. The van der Waals surface area contributed by atoms with Gasteiger partial charge in [-0.3, -0.25) is 0 Å². The largest absolute Gasteiger partial charge is 0.413 e. The van der Waals surface area contributed by atoms with Gasteiger partial charge in [-0.2, -0.15) is 0 Å². The van der Waals surface area contributed by atoms with Gasteiger partial charge in [0, 0.05) is 13.2 Å². The molecule has 1 rings (SSSR count). The van der Waals surface area contributed by atoms with Crippen LogP contribution in [0.3, 0.4) is 0 Å². The smallest absolute Gasteiger partial charge is 0.192 e. The monoisotopic (exact) mass is 380 g/mol. The third-order valence-electron chi connectivity index (χ3n) is 5.77. The minimum atomic E-state index is -1.85. The Morgan fingerprint density at radius 2 is 1.58 bits per heavy atom. The highest BCUT2D eigenvalue weighted by molar-refractivity contribution is 6.74. The van der Waals surface area contributed by atoms with Gasteiger partial charge in [0.05, 0.1) is 12.7 Å². The van der Waals surface area contributed by atoms with Crippen molar-refractivity contribution in [3.05, 3.63) is 35.9 Å². The Hall–Kier alpha value is -0.683. The second-order valence-corrected chi connectivity index (χ2v) is 13.9. The van der Waals surface area contributed by atoms with Crippen LogP contribution in [0.4, 0.5) is 0 Å². The molecule has 3 nitrogen and oxygen atoms in total. The summed E-state index contributed by atoms with van der Waals surface area (Å²) in [5, 5.41) is 9.59. The summed E-state index contributed by atoms with van der Waals surface area (Å²) < 4.78 is 12.7. The lowest BCUT2D eigenvalue weighted by Crippen LogP contribution is -2.47. The van der Waals surface area contributed by atoms with E-state index >= 15 is 0 Å². The van der Waals surface area contributed by atoms with Crippen molar-refractivity contribution in [3.8, 4) is 0 Å². The molecule has 3 atom stereocenters. The minimum Gasteiger partial charge on any atom is -0.413 e. The summed E-state index contributed by atoms with van der Waals surface area (Å²) in [6, 6.07) is 10.3. The Morgan fingerprint density at radius 1 is 1.00 bits per heavy atom. The van der Waals surface area contributed by atoms with E-state index in [1.165, 1.54) is 5.56 Å². The third kappa shape index (κ3) is 7.51. The Bertz CT molecular complexity index is 496. The van der Waals surface area contributed by atoms with Gasteiger partial charge in [-0.25, -0.2) is 0 Å². The van der Waals surface area contributed by atoms with E-state index in [1.807, 2.05) is 18.2 Å². The van der Waals surface area contributed by atoms with Gasteiger partial charge in [-0.05, 0) is 48.4 Å². The Kier molecular flexibility index (Phi) is 9.52. The van der Waals surface area contributed by atoms with E-state index in [0.717, 1.165) is 19.4 Å². The highest BCUT2D eigenvalue weighted by Gasteiger charge is 2.41. The molecular weight excluding hydrogens is 340 g/mol. The van der Waals surface area contributed by atoms with Crippen LogP contribution in [0.1, 0.15) is 53.0 Å². The Balaban J connectivity index is 2.62. The molecule has 0 aliphatic carbocycles. The van der Waals surface area contributed by atoms with Crippen LogP contribution in [0.5, 0.6) is 0 Å². The molecule has 0 aromatic heterocycles. The molecule has 1 aromatic rings. The van der Waals surface area contributed by atoms with Crippen LogP contribution in [0, 0.1) is 11.8 Å². The summed E-state index contributed by atoms with van der Waals surface area (Å²) in [5.41, 5.74) is 1.21. The van der Waals surface area contributed by atoms with E-state index in [2.05, 4.69) is 59.8 Å². The van der Waals surface area contributed by atoms with Crippen molar-refractivity contribution in [3.63, 3.8) is 0 Å². The van der Waals surface area contributed by atoms with Gasteiger partial charge < -0.3 is 14.3 Å². The molecule has 1 aromatic carbocycles. The van der Waals surface area contributed by atoms with Gasteiger partial charge >= 0.3 is 0 Å². The predicted molar refractivity (Wildman–Crippen MR) is 113 cm³/mol. The number of aliphatic hydroxyl groups is 1. The van der Waals surface area contributed by atoms with Crippen molar-refractivity contribution in [2.75, 3.05) is 13.2 Å². The molecule has 0 bridgehead atoms. The van der Waals surface area contributed by atoms with E-state index < -0.39 is 8.32 Å². The predicted octanol–water partition coefficient (Wildman–Crippen LogP) is 5.64. The van der Waals surface area contributed by atoms with E-state index in [9.17, 15) is 5.11 Å². The number of ether oxygens (including phenoxy) is 1. The summed E-state index contributed by atoms with van der Waals surface area (Å²) in [5.74, 6) is 0.750. The summed E-state index contributed by atoms with van der Waals surface area (Å²) in [7, 11) is -1.85. The molecule has 26 heavy (non-hydrogen) atoms. The van der Waals surface area contributed by atoms with Crippen LogP contribution >= 0.6 is 0 Å². The molecule has 0 spiro atoms. The molecule has 0 amide bonds. The maximum absolute atomic E-state index is 9.40. The molecule has 4 heteroatoms. The lowest BCUT2D eigenvalue weighted by atomic mass is 9.89. The fourth-order valence-electron chi connectivity index (χ4n) is 2.88. The minimum absolute atomic E-state index is 0.170. The SMILES string of the molecule is C[C@H](CCO)[C@H](O[Si](C)(C)C(C)(C)C)[C@@H](C)CCOCc1ccccc1. The number of aliphatic hydroxyl groups excluding tert-OH is 1. The van der Waals surface area contributed by atoms with Crippen LogP contribution in [0.25, 0.3) is 0 Å². The van der Waals surface area contributed by atoms with Gasteiger partial charge in [-0.1, -0.05) is 65.0 Å². The first-order valence-corrected chi connectivity index (χ1v) is 12.9. The van der Waals surface area contributed by atoms with E-state index in [1.54, 1.807) is 0 Å². The molecular formula is C22H40O3Si. The fraction of sp³-hybridized carbons (Fsp3) is 0.727. The van der Waals surface area contributed by atoms with Gasteiger partial charge in [0.15, 0.2) is 8.32 Å². The zero-order valence-corrected chi connectivity index (χ0v) is 18.9. The van der Waals surface area contributed by atoms with Crippen LogP contribution in [0.2, 0.25) is 18.1 Å². The first kappa shape index (κ1) is 23.4. The van der Waals surface area contributed by atoms with Gasteiger partial charge in [-0.15, -0.1) is 0 Å². The molecule has 0 aliphatic rings. The number of hydrogen-bond donors (Lipinski definition) is 1. The normalized spacial score (nSPS) is 16.3. The molecule has 0 saturated heterocycles. The third-order valence-corrected chi connectivity index (χ3v) is 10.2. The molecule has 0 heterocycles. The summed E-state index contributed by atoms with van der Waals surface area (Å²) in [6.07, 6.45) is 1.93. The molecule has 0 aliphatic heterocycles. The lowest BCUT2D eigenvalue weighted by Gasteiger charge is -2.43. The quantitative estimate of drug-likeness (QED) is 0.399. The number of hydrogen-bond acceptors (Lipinski definition) is 3. The molecule has 0 unspecified atom stereocenters. The van der Waals surface area contributed by atoms with Gasteiger partial charge in [0.1, 0.15) is 0 Å². The van der Waals surface area contributed by atoms with Crippen LogP contribution < -0.4 is 0 Å². The average Bonchev–Trinajstić information content (AvgIpc) is 2.56.